The smallest absolute Gasteiger partial charge is 0.193 e. The molecule has 1 aromatic carbocycles. The van der Waals surface area contributed by atoms with Gasteiger partial charge in [-0.2, -0.15) is 5.10 Å². The van der Waals surface area contributed by atoms with E-state index in [2.05, 4.69) is 53.5 Å². The predicted octanol–water partition coefficient (Wildman–Crippen LogP) is 3.67. The molecule has 136 valence electrons. The third-order valence-electron chi connectivity index (χ3n) is 4.53. The first-order chi connectivity index (χ1) is 11.5. The Balaban J connectivity index is 0.00000225. The number of hydrogen-bond acceptors (Lipinski definition) is 2. The molecule has 0 saturated heterocycles. The highest BCUT2D eigenvalue weighted by atomic mass is 127. The van der Waals surface area contributed by atoms with Crippen LogP contribution in [0.3, 0.4) is 0 Å². The number of nitrogens with zero attached hydrogens (tertiary/aromatic N) is 3. The average Bonchev–Trinajstić information content (AvgIpc) is 3.11. The third-order valence-corrected chi connectivity index (χ3v) is 4.53. The maximum Gasteiger partial charge on any atom is 0.193 e. The largest absolute Gasteiger partial charge is 0.370 e. The zero-order valence-corrected chi connectivity index (χ0v) is 17.6. The summed E-state index contributed by atoms with van der Waals surface area (Å²) in [6, 6.07) is 8.58. The van der Waals surface area contributed by atoms with E-state index in [0.717, 1.165) is 17.9 Å². The van der Waals surface area contributed by atoms with Crippen molar-refractivity contribution in [2.75, 3.05) is 11.9 Å². The van der Waals surface area contributed by atoms with E-state index in [1.807, 2.05) is 11.6 Å². The highest BCUT2D eigenvalue weighted by Gasteiger charge is 2.11. The molecule has 25 heavy (non-hydrogen) atoms. The monoisotopic (exact) mass is 453 g/mol. The summed E-state index contributed by atoms with van der Waals surface area (Å²) >= 11 is 0. The molecule has 0 fully saturated rings. The van der Waals surface area contributed by atoms with E-state index in [4.69, 9.17) is 5.73 Å². The Kier molecular flexibility index (Phi) is 6.87. The van der Waals surface area contributed by atoms with Gasteiger partial charge in [-0.1, -0.05) is 13.0 Å². The maximum atomic E-state index is 6.04. The molecule has 1 atom stereocenters. The molecule has 0 radical (unpaired) electrons. The van der Waals surface area contributed by atoms with Gasteiger partial charge in [0.15, 0.2) is 5.96 Å². The Hall–Kier alpha value is -1.57. The van der Waals surface area contributed by atoms with E-state index < -0.39 is 0 Å². The number of aliphatic imine (C=N–C) groups is 1. The Bertz CT molecular complexity index is 750. The standard InChI is InChI=1S/C19H27N5.HI/c1-13(12-24-15(3)9-14(2)23-24)11-21-19(20)22-18-8-7-16-5-4-6-17(16)10-18;/h7-10,13H,4-6,11-12H2,1-3H3,(H3,20,21,22);1H. The van der Waals surface area contributed by atoms with E-state index in [-0.39, 0.29) is 24.0 Å². The number of anilines is 1. The SMILES string of the molecule is Cc1cc(C)n(CC(C)CN=C(N)Nc2ccc3c(c2)CCC3)n1.I. The zero-order valence-electron chi connectivity index (χ0n) is 15.2. The van der Waals surface area contributed by atoms with Crippen molar-refractivity contribution >= 4 is 35.6 Å². The molecule has 0 saturated carbocycles. The van der Waals surface area contributed by atoms with Gasteiger partial charge in [0.1, 0.15) is 0 Å². The van der Waals surface area contributed by atoms with Crippen molar-refractivity contribution < 1.29 is 0 Å². The molecular weight excluding hydrogens is 425 g/mol. The van der Waals surface area contributed by atoms with Gasteiger partial charge >= 0.3 is 0 Å². The fourth-order valence-electron chi connectivity index (χ4n) is 3.30. The van der Waals surface area contributed by atoms with E-state index in [1.165, 1.54) is 36.1 Å². The second-order valence-corrected chi connectivity index (χ2v) is 6.90. The number of aromatic nitrogens is 2. The molecule has 1 heterocycles. The van der Waals surface area contributed by atoms with Crippen molar-refractivity contribution in [2.45, 2.75) is 46.6 Å². The lowest BCUT2D eigenvalue weighted by molar-refractivity contribution is 0.450. The van der Waals surface area contributed by atoms with Crippen molar-refractivity contribution in [1.29, 1.82) is 0 Å². The van der Waals surface area contributed by atoms with Crippen LogP contribution in [-0.4, -0.2) is 22.3 Å². The second kappa shape index (κ2) is 8.69. The zero-order chi connectivity index (χ0) is 17.1. The third kappa shape index (κ3) is 5.20. The van der Waals surface area contributed by atoms with Gasteiger partial charge in [0, 0.05) is 24.5 Å². The van der Waals surface area contributed by atoms with Crippen LogP contribution in [0.4, 0.5) is 5.69 Å². The van der Waals surface area contributed by atoms with E-state index in [1.54, 1.807) is 0 Å². The summed E-state index contributed by atoms with van der Waals surface area (Å²) in [5.74, 6) is 0.858. The number of guanidine groups is 1. The minimum absolute atomic E-state index is 0. The number of benzene rings is 1. The molecular formula is C19H28IN5. The van der Waals surface area contributed by atoms with Gasteiger partial charge in [0.25, 0.3) is 0 Å². The number of rotatable bonds is 5. The van der Waals surface area contributed by atoms with E-state index >= 15 is 0 Å². The fraction of sp³-hybridized carbons (Fsp3) is 0.474. The lowest BCUT2D eigenvalue weighted by atomic mass is 10.1. The van der Waals surface area contributed by atoms with Gasteiger partial charge < -0.3 is 11.1 Å². The molecule has 0 bridgehead atoms. The lowest BCUT2D eigenvalue weighted by Gasteiger charge is -2.12. The van der Waals surface area contributed by atoms with Crippen LogP contribution < -0.4 is 11.1 Å². The molecule has 0 amide bonds. The van der Waals surface area contributed by atoms with Crippen LogP contribution in [0.15, 0.2) is 29.3 Å². The summed E-state index contributed by atoms with van der Waals surface area (Å²) in [7, 11) is 0. The number of halogens is 1. The van der Waals surface area contributed by atoms with Gasteiger partial charge in [-0.15, -0.1) is 24.0 Å². The quantitative estimate of drug-likeness (QED) is 0.413. The van der Waals surface area contributed by atoms with E-state index in [0.29, 0.717) is 18.4 Å². The minimum Gasteiger partial charge on any atom is -0.370 e. The molecule has 2 aromatic rings. The maximum absolute atomic E-state index is 6.04. The van der Waals surface area contributed by atoms with Crippen molar-refractivity contribution in [3.63, 3.8) is 0 Å². The topological polar surface area (TPSA) is 68.2 Å². The number of nitrogens with one attached hydrogen (secondary N) is 1. The van der Waals surface area contributed by atoms with Crippen LogP contribution in [0.1, 0.15) is 35.9 Å². The Morgan fingerprint density at radius 3 is 2.76 bits per heavy atom. The highest BCUT2D eigenvalue weighted by molar-refractivity contribution is 14.0. The van der Waals surface area contributed by atoms with Gasteiger partial charge in [-0.3, -0.25) is 9.67 Å². The molecule has 1 aliphatic carbocycles. The first-order valence-electron chi connectivity index (χ1n) is 8.71. The summed E-state index contributed by atoms with van der Waals surface area (Å²) in [6.45, 7) is 7.81. The predicted molar refractivity (Wildman–Crippen MR) is 115 cm³/mol. The van der Waals surface area contributed by atoms with Crippen LogP contribution in [0.2, 0.25) is 0 Å². The molecule has 0 aliphatic heterocycles. The number of aryl methyl sites for hydroxylation is 4. The molecule has 1 unspecified atom stereocenters. The van der Waals surface area contributed by atoms with Crippen molar-refractivity contribution in [1.82, 2.24) is 9.78 Å². The van der Waals surface area contributed by atoms with Gasteiger partial charge in [0.2, 0.25) is 0 Å². The van der Waals surface area contributed by atoms with E-state index in [9.17, 15) is 0 Å². The summed E-state index contributed by atoms with van der Waals surface area (Å²) in [5.41, 5.74) is 12.2. The number of nitrogens with two attached hydrogens (primary N) is 1. The average molecular weight is 453 g/mol. The van der Waals surface area contributed by atoms with Crippen LogP contribution in [-0.2, 0) is 19.4 Å². The van der Waals surface area contributed by atoms with Crippen molar-refractivity contribution in [3.8, 4) is 0 Å². The van der Waals surface area contributed by atoms with Crippen LogP contribution in [0.25, 0.3) is 0 Å². The molecule has 1 aromatic heterocycles. The minimum atomic E-state index is 0. The van der Waals surface area contributed by atoms with Crippen molar-refractivity contribution in [2.24, 2.45) is 16.6 Å². The van der Waals surface area contributed by atoms with Crippen LogP contribution in [0.5, 0.6) is 0 Å². The lowest BCUT2D eigenvalue weighted by Crippen LogP contribution is -2.24. The highest BCUT2D eigenvalue weighted by Crippen LogP contribution is 2.24. The normalized spacial score (nSPS) is 14.8. The molecule has 0 spiro atoms. The summed E-state index contributed by atoms with van der Waals surface area (Å²) in [5, 5.41) is 7.71. The van der Waals surface area contributed by atoms with Crippen LogP contribution >= 0.6 is 24.0 Å². The van der Waals surface area contributed by atoms with Crippen LogP contribution in [0, 0.1) is 19.8 Å². The first kappa shape index (κ1) is 19.8. The summed E-state index contributed by atoms with van der Waals surface area (Å²) in [4.78, 5) is 4.49. The second-order valence-electron chi connectivity index (χ2n) is 6.90. The van der Waals surface area contributed by atoms with Gasteiger partial charge in [-0.05, 0) is 68.4 Å². The molecule has 5 nitrogen and oxygen atoms in total. The number of fused-ring (bicyclic) bond motifs is 1. The Morgan fingerprint density at radius 2 is 2.04 bits per heavy atom. The molecule has 6 heteroatoms. The van der Waals surface area contributed by atoms with Gasteiger partial charge in [-0.25, -0.2) is 0 Å². The molecule has 3 N–H and O–H groups in total. The molecule has 1 aliphatic rings. The van der Waals surface area contributed by atoms with Gasteiger partial charge in [0.05, 0.1) is 5.69 Å². The van der Waals surface area contributed by atoms with Crippen molar-refractivity contribution in [3.05, 3.63) is 46.8 Å². The summed E-state index contributed by atoms with van der Waals surface area (Å²) < 4.78 is 2.04. The fourth-order valence-corrected chi connectivity index (χ4v) is 3.30. The summed E-state index contributed by atoms with van der Waals surface area (Å²) in [6.07, 6.45) is 3.62. The Morgan fingerprint density at radius 1 is 1.28 bits per heavy atom. The Labute approximate surface area is 167 Å². The molecule has 3 rings (SSSR count). The number of hydrogen-bond donors (Lipinski definition) is 2. The first-order valence-corrected chi connectivity index (χ1v) is 8.71.